The van der Waals surface area contributed by atoms with Gasteiger partial charge in [-0.1, -0.05) is 25.1 Å². The fourth-order valence-electron chi connectivity index (χ4n) is 2.12. The zero-order valence-electron chi connectivity index (χ0n) is 10.5. The van der Waals surface area contributed by atoms with Gasteiger partial charge in [0.1, 0.15) is 5.69 Å². The Kier molecular flexibility index (Phi) is 4.31. The minimum absolute atomic E-state index is 0.0197. The third-order valence-corrected chi connectivity index (χ3v) is 3.11. The molecule has 1 amide bonds. The number of carbonyl (C=O) groups excluding carboxylic acids is 1. The first-order valence-corrected chi connectivity index (χ1v) is 6.88. The summed E-state index contributed by atoms with van der Waals surface area (Å²) in [5.41, 5.74) is 1.86. The zero-order chi connectivity index (χ0) is 13.0. The maximum absolute atomic E-state index is 12.1. The summed E-state index contributed by atoms with van der Waals surface area (Å²) in [5, 5.41) is 3.99. The smallest absolute Gasteiger partial charge is 0.267 e. The molecule has 0 aliphatic heterocycles. The molecule has 2 rings (SSSR count). The Morgan fingerprint density at radius 2 is 2.17 bits per heavy atom. The summed E-state index contributed by atoms with van der Waals surface area (Å²) in [5.74, 6) is 0.633. The lowest BCUT2D eigenvalue weighted by atomic mass is 10.2. The highest BCUT2D eigenvalue weighted by Gasteiger charge is 2.14. The Hall–Kier alpha value is -1.42. The lowest BCUT2D eigenvalue weighted by Gasteiger charge is -2.09. The molecule has 0 saturated heterocycles. The van der Waals surface area contributed by atoms with Gasteiger partial charge < -0.3 is 9.88 Å². The first kappa shape index (κ1) is 13.0. The van der Waals surface area contributed by atoms with Gasteiger partial charge in [0.2, 0.25) is 0 Å². The molecule has 2 aromatic rings. The van der Waals surface area contributed by atoms with Crippen molar-refractivity contribution in [1.29, 1.82) is 0 Å². The Balaban J connectivity index is 2.41. The number of amides is 1. The monoisotopic (exact) mass is 262 g/mol. The molecular formula is C14H18N2OS. The molecule has 0 aliphatic carbocycles. The van der Waals surface area contributed by atoms with Crippen molar-refractivity contribution >= 4 is 29.4 Å². The largest absolute Gasteiger partial charge is 0.350 e. The highest BCUT2D eigenvalue weighted by Crippen LogP contribution is 2.20. The molecular weight excluding hydrogens is 244 g/mol. The van der Waals surface area contributed by atoms with Gasteiger partial charge in [0.15, 0.2) is 0 Å². The molecule has 96 valence electrons. The summed E-state index contributed by atoms with van der Waals surface area (Å²) < 4.78 is 2.09. The van der Waals surface area contributed by atoms with Crippen LogP contribution in [0.25, 0.3) is 10.9 Å². The number of rotatable bonds is 5. The van der Waals surface area contributed by atoms with Crippen LogP contribution in [-0.2, 0) is 6.54 Å². The number of aryl methyl sites for hydroxylation is 1. The topological polar surface area (TPSA) is 34.0 Å². The Morgan fingerprint density at radius 3 is 2.89 bits per heavy atom. The normalized spacial score (nSPS) is 10.8. The van der Waals surface area contributed by atoms with Crippen LogP contribution in [0.5, 0.6) is 0 Å². The minimum Gasteiger partial charge on any atom is -0.350 e. The van der Waals surface area contributed by atoms with E-state index in [9.17, 15) is 4.79 Å². The van der Waals surface area contributed by atoms with Gasteiger partial charge in [-0.2, -0.15) is 12.6 Å². The number of para-hydroxylation sites is 1. The molecule has 0 radical (unpaired) electrons. The number of thiol groups is 1. The lowest BCUT2D eigenvalue weighted by molar-refractivity contribution is 0.0947. The molecule has 0 atom stereocenters. The van der Waals surface area contributed by atoms with Gasteiger partial charge in [0.25, 0.3) is 5.91 Å². The number of benzene rings is 1. The summed E-state index contributed by atoms with van der Waals surface area (Å²) >= 11 is 4.10. The molecule has 0 unspecified atom stereocenters. The van der Waals surface area contributed by atoms with Gasteiger partial charge in [-0.25, -0.2) is 0 Å². The number of carbonyl (C=O) groups is 1. The van der Waals surface area contributed by atoms with Gasteiger partial charge in [-0.05, 0) is 18.6 Å². The second kappa shape index (κ2) is 5.96. The van der Waals surface area contributed by atoms with E-state index in [0.717, 1.165) is 29.6 Å². The number of hydrogen-bond acceptors (Lipinski definition) is 2. The average Bonchev–Trinajstić information content (AvgIpc) is 2.76. The first-order chi connectivity index (χ1) is 8.77. The predicted octanol–water partition coefficient (Wildman–Crippen LogP) is 2.71. The molecule has 1 N–H and O–H groups in total. The van der Waals surface area contributed by atoms with Crippen LogP contribution in [0.1, 0.15) is 23.8 Å². The van der Waals surface area contributed by atoms with E-state index in [2.05, 4.69) is 35.5 Å². The molecule has 0 spiro atoms. The molecule has 0 bridgehead atoms. The van der Waals surface area contributed by atoms with Crippen LogP contribution in [-0.4, -0.2) is 22.8 Å². The van der Waals surface area contributed by atoms with Crippen molar-refractivity contribution < 1.29 is 4.79 Å². The Bertz CT molecular complexity index is 548. The second-order valence-electron chi connectivity index (χ2n) is 4.22. The van der Waals surface area contributed by atoms with E-state index in [1.807, 2.05) is 24.3 Å². The molecule has 0 fully saturated rings. The summed E-state index contributed by atoms with van der Waals surface area (Å²) in [7, 11) is 0. The van der Waals surface area contributed by atoms with E-state index in [1.54, 1.807) is 0 Å². The van der Waals surface area contributed by atoms with Gasteiger partial charge in [-0.3, -0.25) is 4.79 Å². The zero-order valence-corrected chi connectivity index (χ0v) is 11.4. The van der Waals surface area contributed by atoms with Crippen molar-refractivity contribution in [1.82, 2.24) is 9.88 Å². The SMILES string of the molecule is CCCn1c(C(=O)NCCS)cc2ccccc21. The summed E-state index contributed by atoms with van der Waals surface area (Å²) in [4.78, 5) is 12.1. The minimum atomic E-state index is -0.0197. The molecule has 4 heteroatoms. The molecule has 18 heavy (non-hydrogen) atoms. The molecule has 1 aromatic carbocycles. The summed E-state index contributed by atoms with van der Waals surface area (Å²) in [6.45, 7) is 3.57. The number of nitrogens with one attached hydrogen (secondary N) is 1. The number of hydrogen-bond donors (Lipinski definition) is 2. The molecule has 1 aromatic heterocycles. The molecule has 1 heterocycles. The molecule has 3 nitrogen and oxygen atoms in total. The number of nitrogens with zero attached hydrogens (tertiary/aromatic N) is 1. The lowest BCUT2D eigenvalue weighted by Crippen LogP contribution is -2.27. The van der Waals surface area contributed by atoms with Crippen molar-refractivity contribution in [2.75, 3.05) is 12.3 Å². The Labute approximate surface area is 113 Å². The van der Waals surface area contributed by atoms with Crippen LogP contribution in [0.3, 0.4) is 0 Å². The summed E-state index contributed by atoms with van der Waals surface area (Å²) in [6, 6.07) is 10.0. The second-order valence-corrected chi connectivity index (χ2v) is 4.67. The standard InChI is InChI=1S/C14H18N2OS/c1-2-8-16-12-6-4-3-5-11(12)10-13(16)14(17)15-7-9-18/h3-6,10,18H,2,7-9H2,1H3,(H,15,17). The van der Waals surface area contributed by atoms with Crippen molar-refractivity contribution in [3.63, 3.8) is 0 Å². The van der Waals surface area contributed by atoms with Crippen molar-refractivity contribution in [2.24, 2.45) is 0 Å². The third kappa shape index (κ3) is 2.53. The Morgan fingerprint density at radius 1 is 1.39 bits per heavy atom. The van der Waals surface area contributed by atoms with Crippen molar-refractivity contribution in [3.8, 4) is 0 Å². The maximum Gasteiger partial charge on any atom is 0.267 e. The van der Waals surface area contributed by atoms with Crippen LogP contribution in [0.4, 0.5) is 0 Å². The van der Waals surface area contributed by atoms with E-state index < -0.39 is 0 Å². The van der Waals surface area contributed by atoms with Crippen LogP contribution >= 0.6 is 12.6 Å². The van der Waals surface area contributed by atoms with E-state index in [-0.39, 0.29) is 5.91 Å². The van der Waals surface area contributed by atoms with Gasteiger partial charge in [0, 0.05) is 29.7 Å². The van der Waals surface area contributed by atoms with E-state index in [1.165, 1.54) is 0 Å². The van der Waals surface area contributed by atoms with E-state index in [0.29, 0.717) is 12.3 Å². The fourth-order valence-corrected chi connectivity index (χ4v) is 2.23. The van der Waals surface area contributed by atoms with E-state index in [4.69, 9.17) is 0 Å². The third-order valence-electron chi connectivity index (χ3n) is 2.89. The molecule has 0 saturated carbocycles. The van der Waals surface area contributed by atoms with Gasteiger partial charge in [0.05, 0.1) is 0 Å². The number of fused-ring (bicyclic) bond motifs is 1. The first-order valence-electron chi connectivity index (χ1n) is 6.25. The van der Waals surface area contributed by atoms with Crippen LogP contribution in [0, 0.1) is 0 Å². The quantitative estimate of drug-likeness (QED) is 0.798. The predicted molar refractivity (Wildman–Crippen MR) is 78.4 cm³/mol. The van der Waals surface area contributed by atoms with E-state index >= 15 is 0 Å². The highest BCUT2D eigenvalue weighted by molar-refractivity contribution is 7.80. The van der Waals surface area contributed by atoms with Crippen LogP contribution in [0.15, 0.2) is 30.3 Å². The fraction of sp³-hybridized carbons (Fsp3) is 0.357. The maximum atomic E-state index is 12.1. The van der Waals surface area contributed by atoms with Crippen molar-refractivity contribution in [3.05, 3.63) is 36.0 Å². The van der Waals surface area contributed by atoms with Gasteiger partial charge in [-0.15, -0.1) is 0 Å². The van der Waals surface area contributed by atoms with Gasteiger partial charge >= 0.3 is 0 Å². The van der Waals surface area contributed by atoms with Crippen LogP contribution in [0.2, 0.25) is 0 Å². The van der Waals surface area contributed by atoms with Crippen molar-refractivity contribution in [2.45, 2.75) is 19.9 Å². The van der Waals surface area contributed by atoms with Crippen LogP contribution < -0.4 is 5.32 Å². The summed E-state index contributed by atoms with van der Waals surface area (Å²) in [6.07, 6.45) is 1.01. The average molecular weight is 262 g/mol. The molecule has 0 aliphatic rings. The number of aromatic nitrogens is 1. The highest BCUT2D eigenvalue weighted by atomic mass is 32.1.